The minimum absolute atomic E-state index is 0.163. The van der Waals surface area contributed by atoms with Crippen LogP contribution in [-0.4, -0.2) is 24.6 Å². The minimum atomic E-state index is -0.578. The normalized spacial score (nSPS) is 15.0. The third-order valence-electron chi connectivity index (χ3n) is 2.83. The average molecular weight is 276 g/mol. The molecule has 0 atom stereocenters. The fourth-order valence-electron chi connectivity index (χ4n) is 1.99. The van der Waals surface area contributed by atoms with Crippen LogP contribution in [0.3, 0.4) is 0 Å². The highest BCUT2D eigenvalue weighted by molar-refractivity contribution is 5.98. The molecule has 0 saturated carbocycles. The summed E-state index contributed by atoms with van der Waals surface area (Å²) in [6.45, 7) is 5.09. The number of hydrogen-bond donors (Lipinski definition) is 0. The standard InChI is InChI=1S/C15H16O5/c1-9(16)19-12-6-5-11-10(13(12)14(17)18-4)7-8-15(2,3)20-11/h5-8H,1-4H3. The smallest absolute Gasteiger partial charge is 0.342 e. The fraction of sp³-hybridized carbons (Fsp3) is 0.333. The van der Waals surface area contributed by atoms with Gasteiger partial charge in [-0.25, -0.2) is 4.79 Å². The number of esters is 2. The summed E-state index contributed by atoms with van der Waals surface area (Å²) in [5.41, 5.74) is 0.283. The lowest BCUT2D eigenvalue weighted by Crippen LogP contribution is -2.28. The summed E-state index contributed by atoms with van der Waals surface area (Å²) in [6, 6.07) is 3.20. The summed E-state index contributed by atoms with van der Waals surface area (Å²) >= 11 is 0. The molecule has 0 unspecified atom stereocenters. The quantitative estimate of drug-likeness (QED) is 0.613. The van der Waals surface area contributed by atoms with Crippen LogP contribution in [0.5, 0.6) is 11.5 Å². The Morgan fingerprint density at radius 3 is 2.55 bits per heavy atom. The summed E-state index contributed by atoms with van der Waals surface area (Å²) in [4.78, 5) is 23.1. The first-order chi connectivity index (χ1) is 9.34. The van der Waals surface area contributed by atoms with E-state index in [4.69, 9.17) is 14.2 Å². The first-order valence-corrected chi connectivity index (χ1v) is 6.16. The molecule has 0 aromatic heterocycles. The maximum absolute atomic E-state index is 11.9. The van der Waals surface area contributed by atoms with Crippen molar-refractivity contribution >= 4 is 18.0 Å². The van der Waals surface area contributed by atoms with Crippen molar-refractivity contribution in [1.82, 2.24) is 0 Å². The third kappa shape index (κ3) is 2.66. The summed E-state index contributed by atoms with van der Waals surface area (Å²) in [7, 11) is 1.27. The molecule has 5 nitrogen and oxygen atoms in total. The first kappa shape index (κ1) is 14.1. The van der Waals surface area contributed by atoms with Gasteiger partial charge in [0.25, 0.3) is 0 Å². The molecule has 1 aliphatic rings. The van der Waals surface area contributed by atoms with Crippen LogP contribution in [-0.2, 0) is 9.53 Å². The lowest BCUT2D eigenvalue weighted by atomic mass is 9.98. The molecule has 1 aliphatic heterocycles. The summed E-state index contributed by atoms with van der Waals surface area (Å²) < 4.78 is 15.6. The lowest BCUT2D eigenvalue weighted by molar-refractivity contribution is -0.131. The highest BCUT2D eigenvalue weighted by Crippen LogP contribution is 2.37. The van der Waals surface area contributed by atoms with Gasteiger partial charge in [0.1, 0.15) is 22.7 Å². The summed E-state index contributed by atoms with van der Waals surface area (Å²) in [5.74, 6) is -0.368. The van der Waals surface area contributed by atoms with Crippen LogP contribution in [0.25, 0.3) is 6.08 Å². The van der Waals surface area contributed by atoms with Gasteiger partial charge in [0, 0.05) is 12.5 Å². The number of benzene rings is 1. The molecule has 0 fully saturated rings. The van der Waals surface area contributed by atoms with Crippen LogP contribution < -0.4 is 9.47 Å². The number of rotatable bonds is 2. The van der Waals surface area contributed by atoms with Crippen LogP contribution in [0.2, 0.25) is 0 Å². The number of carbonyl (C=O) groups excluding carboxylic acids is 2. The number of carbonyl (C=O) groups is 2. The molecule has 0 amide bonds. The highest BCUT2D eigenvalue weighted by Gasteiger charge is 2.28. The van der Waals surface area contributed by atoms with E-state index < -0.39 is 17.5 Å². The molecule has 1 heterocycles. The second kappa shape index (κ2) is 5.00. The van der Waals surface area contributed by atoms with Crippen molar-refractivity contribution in [3.05, 3.63) is 29.3 Å². The molecule has 1 aromatic rings. The van der Waals surface area contributed by atoms with Gasteiger partial charge in [-0.2, -0.15) is 0 Å². The highest BCUT2D eigenvalue weighted by atomic mass is 16.5. The maximum atomic E-state index is 11.9. The molecule has 0 spiro atoms. The monoisotopic (exact) mass is 276 g/mol. The van der Waals surface area contributed by atoms with Gasteiger partial charge in [-0.05, 0) is 32.1 Å². The van der Waals surface area contributed by atoms with E-state index in [0.717, 1.165) is 0 Å². The number of ether oxygens (including phenoxy) is 3. The Labute approximate surface area is 117 Å². The SMILES string of the molecule is COC(=O)c1c(OC(C)=O)ccc2c1C=CC(C)(C)O2. The molecular weight excluding hydrogens is 260 g/mol. The lowest BCUT2D eigenvalue weighted by Gasteiger charge is -2.29. The molecule has 0 N–H and O–H groups in total. The first-order valence-electron chi connectivity index (χ1n) is 6.16. The van der Waals surface area contributed by atoms with Gasteiger partial charge in [0.05, 0.1) is 7.11 Å². The number of methoxy groups -OCH3 is 1. The van der Waals surface area contributed by atoms with Gasteiger partial charge >= 0.3 is 11.9 Å². The van der Waals surface area contributed by atoms with E-state index in [1.54, 1.807) is 12.1 Å². The van der Waals surface area contributed by atoms with Gasteiger partial charge in [0.15, 0.2) is 0 Å². The average Bonchev–Trinajstić information content (AvgIpc) is 2.36. The van der Waals surface area contributed by atoms with Crippen LogP contribution in [0, 0.1) is 0 Å². The van der Waals surface area contributed by atoms with Crippen LogP contribution >= 0.6 is 0 Å². The second-order valence-corrected chi connectivity index (χ2v) is 4.97. The molecule has 0 bridgehead atoms. The van der Waals surface area contributed by atoms with E-state index in [-0.39, 0.29) is 11.3 Å². The van der Waals surface area contributed by atoms with Crippen molar-refractivity contribution in [2.24, 2.45) is 0 Å². The molecule has 106 valence electrons. The third-order valence-corrected chi connectivity index (χ3v) is 2.83. The largest absolute Gasteiger partial charge is 0.483 e. The number of fused-ring (bicyclic) bond motifs is 1. The Kier molecular flexibility index (Phi) is 3.53. The Hall–Kier alpha value is -2.30. The minimum Gasteiger partial charge on any atom is -0.483 e. The molecule has 5 heteroatoms. The van der Waals surface area contributed by atoms with Crippen molar-refractivity contribution in [2.45, 2.75) is 26.4 Å². The van der Waals surface area contributed by atoms with Gasteiger partial charge in [0.2, 0.25) is 0 Å². The zero-order valence-electron chi connectivity index (χ0n) is 11.9. The van der Waals surface area contributed by atoms with Crippen LogP contribution in [0.1, 0.15) is 36.7 Å². The predicted molar refractivity (Wildman–Crippen MR) is 72.8 cm³/mol. The van der Waals surface area contributed by atoms with Gasteiger partial charge in [-0.15, -0.1) is 0 Å². The molecule has 0 aliphatic carbocycles. The van der Waals surface area contributed by atoms with Crippen LogP contribution in [0.15, 0.2) is 18.2 Å². The van der Waals surface area contributed by atoms with Gasteiger partial charge in [-0.3, -0.25) is 4.79 Å². The summed E-state index contributed by atoms with van der Waals surface area (Å²) in [5, 5.41) is 0. The zero-order valence-corrected chi connectivity index (χ0v) is 11.9. The molecule has 2 rings (SSSR count). The Morgan fingerprint density at radius 2 is 1.95 bits per heavy atom. The second-order valence-electron chi connectivity index (χ2n) is 4.97. The van der Waals surface area contributed by atoms with E-state index in [0.29, 0.717) is 11.3 Å². The number of hydrogen-bond acceptors (Lipinski definition) is 5. The van der Waals surface area contributed by atoms with Crippen molar-refractivity contribution in [3.63, 3.8) is 0 Å². The Morgan fingerprint density at radius 1 is 1.25 bits per heavy atom. The summed E-state index contributed by atoms with van der Waals surface area (Å²) in [6.07, 6.45) is 3.61. The van der Waals surface area contributed by atoms with Gasteiger partial charge < -0.3 is 14.2 Å². The van der Waals surface area contributed by atoms with E-state index >= 15 is 0 Å². The van der Waals surface area contributed by atoms with Crippen LogP contribution in [0.4, 0.5) is 0 Å². The predicted octanol–water partition coefficient (Wildman–Crippen LogP) is 2.58. The molecule has 20 heavy (non-hydrogen) atoms. The van der Waals surface area contributed by atoms with E-state index in [9.17, 15) is 9.59 Å². The van der Waals surface area contributed by atoms with E-state index in [2.05, 4.69) is 0 Å². The molecular formula is C15H16O5. The molecule has 0 radical (unpaired) electrons. The van der Waals surface area contributed by atoms with Gasteiger partial charge in [-0.1, -0.05) is 6.08 Å². The molecule has 0 saturated heterocycles. The molecule has 1 aromatic carbocycles. The van der Waals surface area contributed by atoms with E-state index in [1.807, 2.05) is 19.9 Å². The van der Waals surface area contributed by atoms with Crippen molar-refractivity contribution in [3.8, 4) is 11.5 Å². The Bertz CT molecular complexity index is 599. The Balaban J connectivity index is 2.59. The zero-order chi connectivity index (χ0) is 14.9. The van der Waals surface area contributed by atoms with Crippen molar-refractivity contribution < 1.29 is 23.8 Å². The van der Waals surface area contributed by atoms with Crippen molar-refractivity contribution in [1.29, 1.82) is 0 Å². The topological polar surface area (TPSA) is 61.8 Å². The van der Waals surface area contributed by atoms with Crippen molar-refractivity contribution in [2.75, 3.05) is 7.11 Å². The maximum Gasteiger partial charge on any atom is 0.342 e. The van der Waals surface area contributed by atoms with E-state index in [1.165, 1.54) is 20.1 Å². The fourth-order valence-corrected chi connectivity index (χ4v) is 1.99.